The predicted molar refractivity (Wildman–Crippen MR) is 124 cm³/mol. The lowest BCUT2D eigenvalue weighted by atomic mass is 10.2. The number of aromatic nitrogens is 4. The average molecular weight is 441 g/mol. The standard InChI is InChI=1S/C22H24N4O2S2/c1-5-6-8-26-21(28)19-14(3)15(4)30-20(19)24-22(26)29-12-16-11-18(27)25-9-7-13(2)10-17(25)23-16/h7,9-11H,5-6,8,12H2,1-4H3. The quantitative estimate of drug-likeness (QED) is 0.327. The Morgan fingerprint density at radius 1 is 1.13 bits per heavy atom. The molecule has 4 aromatic rings. The van der Waals surface area contributed by atoms with Crippen LogP contribution >= 0.6 is 23.1 Å². The molecule has 156 valence electrons. The van der Waals surface area contributed by atoms with Crippen LogP contribution in [0, 0.1) is 20.8 Å². The Kier molecular flexibility index (Phi) is 5.79. The molecule has 0 bridgehead atoms. The van der Waals surface area contributed by atoms with Gasteiger partial charge in [0.05, 0.1) is 11.1 Å². The second-order valence-corrected chi connectivity index (χ2v) is 9.62. The van der Waals surface area contributed by atoms with Gasteiger partial charge in [0.2, 0.25) is 0 Å². The van der Waals surface area contributed by atoms with Gasteiger partial charge in [-0.2, -0.15) is 0 Å². The van der Waals surface area contributed by atoms with Gasteiger partial charge < -0.3 is 0 Å². The first-order chi connectivity index (χ1) is 14.4. The molecule has 0 amide bonds. The third kappa shape index (κ3) is 3.81. The van der Waals surface area contributed by atoms with Crippen LogP contribution in [0.1, 0.15) is 41.5 Å². The molecule has 0 radical (unpaired) electrons. The summed E-state index contributed by atoms with van der Waals surface area (Å²) in [5, 5.41) is 1.42. The van der Waals surface area contributed by atoms with E-state index in [1.807, 2.05) is 32.9 Å². The Hall–Kier alpha value is -2.45. The first-order valence-electron chi connectivity index (χ1n) is 10.0. The number of hydrogen-bond acceptors (Lipinski definition) is 6. The summed E-state index contributed by atoms with van der Waals surface area (Å²) in [6, 6.07) is 5.34. The zero-order chi connectivity index (χ0) is 21.4. The van der Waals surface area contributed by atoms with Crippen molar-refractivity contribution in [2.75, 3.05) is 0 Å². The van der Waals surface area contributed by atoms with Crippen molar-refractivity contribution in [3.63, 3.8) is 0 Å². The van der Waals surface area contributed by atoms with Crippen molar-refractivity contribution in [2.45, 2.75) is 58.0 Å². The molecular formula is C22H24N4O2S2. The molecule has 30 heavy (non-hydrogen) atoms. The minimum absolute atomic E-state index is 0.0277. The van der Waals surface area contributed by atoms with Crippen LogP contribution in [0.15, 0.2) is 39.1 Å². The summed E-state index contributed by atoms with van der Waals surface area (Å²) in [7, 11) is 0. The smallest absolute Gasteiger partial charge is 0.263 e. The van der Waals surface area contributed by atoms with Crippen molar-refractivity contribution in [1.82, 2.24) is 18.9 Å². The van der Waals surface area contributed by atoms with Gasteiger partial charge >= 0.3 is 0 Å². The fourth-order valence-electron chi connectivity index (χ4n) is 3.40. The third-order valence-electron chi connectivity index (χ3n) is 5.21. The average Bonchev–Trinajstić information content (AvgIpc) is 2.99. The van der Waals surface area contributed by atoms with Gasteiger partial charge in [0.1, 0.15) is 10.5 Å². The molecule has 6 nitrogen and oxygen atoms in total. The molecule has 0 saturated heterocycles. The van der Waals surface area contributed by atoms with Crippen LogP contribution in [0.3, 0.4) is 0 Å². The molecule has 4 aromatic heterocycles. The highest BCUT2D eigenvalue weighted by atomic mass is 32.2. The number of thioether (sulfide) groups is 1. The van der Waals surface area contributed by atoms with Gasteiger partial charge in [-0.25, -0.2) is 9.97 Å². The second kappa shape index (κ2) is 8.35. The molecule has 0 spiro atoms. The Morgan fingerprint density at radius 2 is 1.93 bits per heavy atom. The van der Waals surface area contributed by atoms with Gasteiger partial charge in [0, 0.05) is 29.4 Å². The fraction of sp³-hybridized carbons (Fsp3) is 0.364. The highest BCUT2D eigenvalue weighted by Crippen LogP contribution is 2.29. The lowest BCUT2D eigenvalue weighted by Crippen LogP contribution is -2.23. The molecule has 8 heteroatoms. The third-order valence-corrected chi connectivity index (χ3v) is 7.33. The fourth-order valence-corrected chi connectivity index (χ4v) is 5.39. The number of thiophene rings is 1. The Labute approximate surface area is 182 Å². The topological polar surface area (TPSA) is 69.3 Å². The summed E-state index contributed by atoms with van der Waals surface area (Å²) >= 11 is 3.02. The number of hydrogen-bond donors (Lipinski definition) is 0. The van der Waals surface area contributed by atoms with E-state index in [0.717, 1.165) is 39.1 Å². The summed E-state index contributed by atoms with van der Waals surface area (Å²) in [5.41, 5.74) is 3.32. The van der Waals surface area contributed by atoms with Crippen molar-refractivity contribution in [1.29, 1.82) is 0 Å². The van der Waals surface area contributed by atoms with Crippen LogP contribution < -0.4 is 11.1 Å². The zero-order valence-electron chi connectivity index (χ0n) is 17.6. The number of pyridine rings is 1. The summed E-state index contributed by atoms with van der Waals surface area (Å²) in [4.78, 5) is 37.0. The van der Waals surface area contributed by atoms with Gasteiger partial charge in [0.25, 0.3) is 11.1 Å². The molecule has 4 rings (SSSR count). The molecule has 0 unspecified atom stereocenters. The van der Waals surface area contributed by atoms with Gasteiger partial charge in [-0.3, -0.25) is 18.6 Å². The van der Waals surface area contributed by atoms with Crippen molar-refractivity contribution in [3.05, 3.63) is 66.8 Å². The van der Waals surface area contributed by atoms with Crippen molar-refractivity contribution < 1.29 is 0 Å². The molecule has 0 atom stereocenters. The molecule has 4 heterocycles. The Balaban J connectivity index is 1.73. The minimum Gasteiger partial charge on any atom is -0.287 e. The molecule has 0 saturated carbocycles. The first-order valence-corrected chi connectivity index (χ1v) is 11.8. The minimum atomic E-state index is -0.105. The molecule has 0 fully saturated rings. The normalized spacial score (nSPS) is 11.6. The van der Waals surface area contributed by atoms with Crippen LogP contribution in [-0.4, -0.2) is 18.9 Å². The second-order valence-electron chi connectivity index (χ2n) is 7.47. The Bertz CT molecular complexity index is 1370. The summed E-state index contributed by atoms with van der Waals surface area (Å²) in [6.07, 6.45) is 3.66. The van der Waals surface area contributed by atoms with E-state index in [4.69, 9.17) is 4.98 Å². The highest BCUT2D eigenvalue weighted by molar-refractivity contribution is 7.98. The molecule has 0 N–H and O–H groups in total. The van der Waals surface area contributed by atoms with Crippen LogP contribution in [0.25, 0.3) is 15.9 Å². The largest absolute Gasteiger partial charge is 0.287 e. The SMILES string of the molecule is CCCCn1c(SCc2cc(=O)n3ccc(C)cc3n2)nc2sc(C)c(C)c2c1=O. The van der Waals surface area contributed by atoms with Gasteiger partial charge in [-0.1, -0.05) is 25.1 Å². The summed E-state index contributed by atoms with van der Waals surface area (Å²) < 4.78 is 3.33. The van der Waals surface area contributed by atoms with Crippen molar-refractivity contribution >= 4 is 39.0 Å². The number of fused-ring (bicyclic) bond motifs is 2. The maximum Gasteiger partial charge on any atom is 0.263 e. The molecule has 0 aliphatic heterocycles. The number of aryl methyl sites for hydroxylation is 3. The van der Waals surface area contributed by atoms with Crippen LogP contribution in [-0.2, 0) is 12.3 Å². The van der Waals surface area contributed by atoms with E-state index in [0.29, 0.717) is 28.8 Å². The first kappa shape index (κ1) is 20.8. The highest BCUT2D eigenvalue weighted by Gasteiger charge is 2.17. The van der Waals surface area contributed by atoms with E-state index >= 15 is 0 Å². The van der Waals surface area contributed by atoms with Gasteiger partial charge in [-0.15, -0.1) is 11.3 Å². The predicted octanol–water partition coefficient (Wildman–Crippen LogP) is 4.48. The number of unbranched alkanes of at least 4 members (excludes halogenated alkanes) is 1. The van der Waals surface area contributed by atoms with Crippen LogP contribution in [0.4, 0.5) is 0 Å². The van der Waals surface area contributed by atoms with E-state index in [1.165, 1.54) is 11.8 Å². The van der Waals surface area contributed by atoms with E-state index in [1.54, 1.807) is 32.6 Å². The molecule has 0 aromatic carbocycles. The lowest BCUT2D eigenvalue weighted by Gasteiger charge is -2.12. The van der Waals surface area contributed by atoms with Gasteiger partial charge in [-0.05, 0) is 50.5 Å². The summed E-state index contributed by atoms with van der Waals surface area (Å²) in [5.74, 6) is 0.479. The van der Waals surface area contributed by atoms with E-state index in [-0.39, 0.29) is 11.1 Å². The molecular weight excluding hydrogens is 416 g/mol. The molecule has 0 aliphatic carbocycles. The van der Waals surface area contributed by atoms with Crippen LogP contribution in [0.5, 0.6) is 0 Å². The van der Waals surface area contributed by atoms with Gasteiger partial charge in [0.15, 0.2) is 5.16 Å². The number of nitrogens with zero attached hydrogens (tertiary/aromatic N) is 4. The van der Waals surface area contributed by atoms with Crippen LogP contribution in [0.2, 0.25) is 0 Å². The summed E-state index contributed by atoms with van der Waals surface area (Å²) in [6.45, 7) is 8.74. The van der Waals surface area contributed by atoms with E-state index in [9.17, 15) is 9.59 Å². The number of rotatable bonds is 6. The monoisotopic (exact) mass is 440 g/mol. The maximum atomic E-state index is 13.2. The van der Waals surface area contributed by atoms with Crippen molar-refractivity contribution in [3.8, 4) is 0 Å². The lowest BCUT2D eigenvalue weighted by molar-refractivity contribution is 0.558. The maximum absolute atomic E-state index is 13.2. The van der Waals surface area contributed by atoms with Crippen molar-refractivity contribution in [2.24, 2.45) is 0 Å². The van der Waals surface area contributed by atoms with E-state index in [2.05, 4.69) is 11.9 Å². The van der Waals surface area contributed by atoms with E-state index < -0.39 is 0 Å². The Morgan fingerprint density at radius 3 is 2.70 bits per heavy atom. The zero-order valence-corrected chi connectivity index (χ0v) is 19.2. The molecule has 0 aliphatic rings.